The van der Waals surface area contributed by atoms with Gasteiger partial charge >= 0.3 is 5.97 Å². The van der Waals surface area contributed by atoms with Crippen LogP contribution in [0.4, 0.5) is 0 Å². The highest BCUT2D eigenvalue weighted by Crippen LogP contribution is 2.19. The van der Waals surface area contributed by atoms with Crippen LogP contribution in [0.3, 0.4) is 0 Å². The Balaban J connectivity index is 1.32. The van der Waals surface area contributed by atoms with Crippen LogP contribution in [0.25, 0.3) is 0 Å². The van der Waals surface area contributed by atoms with E-state index in [0.717, 1.165) is 38.6 Å². The highest BCUT2D eigenvalue weighted by molar-refractivity contribution is 7.07. The molecular weight excluding hydrogens is 446 g/mol. The molecule has 1 aliphatic heterocycles. The van der Waals surface area contributed by atoms with Gasteiger partial charge in [-0.15, -0.1) is 0 Å². The van der Waals surface area contributed by atoms with Gasteiger partial charge in [-0.1, -0.05) is 95.3 Å². The normalized spacial score (nSPS) is 17.9. The van der Waals surface area contributed by atoms with E-state index in [1.165, 1.54) is 77.0 Å². The van der Waals surface area contributed by atoms with Gasteiger partial charge in [0.2, 0.25) is 5.51 Å². The molecule has 2 rings (SSSR count). The Hall–Kier alpha value is -0.980. The number of carbonyl (C=O) groups excluding carboxylic acids is 1. The van der Waals surface area contributed by atoms with Gasteiger partial charge in [0, 0.05) is 12.8 Å². The SMILES string of the molecule is CCCCCCCCCCCCCCC[C@@H]1OC[C@@H](COC(=O)CCCCC[n+]2ccsc2)O1. The maximum atomic E-state index is 12.0. The van der Waals surface area contributed by atoms with Crippen LogP contribution >= 0.6 is 11.3 Å². The fourth-order valence-electron chi connectivity index (χ4n) is 4.46. The van der Waals surface area contributed by atoms with Crippen LogP contribution in [0.5, 0.6) is 0 Å². The van der Waals surface area contributed by atoms with E-state index in [4.69, 9.17) is 14.2 Å². The Morgan fingerprint density at radius 2 is 1.56 bits per heavy atom. The van der Waals surface area contributed by atoms with Gasteiger partial charge < -0.3 is 14.2 Å². The smallest absolute Gasteiger partial charge is 0.305 e. The summed E-state index contributed by atoms with van der Waals surface area (Å²) in [6.45, 7) is 4.15. The first-order valence-electron chi connectivity index (χ1n) is 14.1. The van der Waals surface area contributed by atoms with E-state index in [2.05, 4.69) is 28.6 Å². The van der Waals surface area contributed by atoms with Crippen LogP contribution in [0.15, 0.2) is 17.1 Å². The molecular formula is C28H50NO4S+. The minimum absolute atomic E-state index is 0.106. The Morgan fingerprint density at radius 3 is 2.21 bits per heavy atom. The summed E-state index contributed by atoms with van der Waals surface area (Å²) in [6.07, 6.45) is 24.0. The van der Waals surface area contributed by atoms with Crippen molar-refractivity contribution in [3.8, 4) is 0 Å². The Bertz CT molecular complexity index is 595. The number of hydrogen-bond donors (Lipinski definition) is 0. The van der Waals surface area contributed by atoms with Crippen LogP contribution in [0.2, 0.25) is 0 Å². The van der Waals surface area contributed by atoms with Crippen molar-refractivity contribution in [3.05, 3.63) is 17.1 Å². The van der Waals surface area contributed by atoms with Crippen molar-refractivity contribution in [2.24, 2.45) is 0 Å². The van der Waals surface area contributed by atoms with Gasteiger partial charge in [0.05, 0.1) is 12.0 Å². The van der Waals surface area contributed by atoms with E-state index in [9.17, 15) is 4.79 Å². The van der Waals surface area contributed by atoms with E-state index in [-0.39, 0.29) is 18.4 Å². The van der Waals surface area contributed by atoms with Crippen molar-refractivity contribution < 1.29 is 23.6 Å². The summed E-state index contributed by atoms with van der Waals surface area (Å²) in [5, 5.41) is 2.08. The molecule has 0 N–H and O–H groups in total. The minimum Gasteiger partial charge on any atom is -0.463 e. The molecule has 0 amide bonds. The summed E-state index contributed by atoms with van der Waals surface area (Å²) in [6, 6.07) is 0. The Kier molecular flexibility index (Phi) is 17.4. The third-order valence-corrected chi connectivity index (χ3v) is 7.28. The molecule has 2 atom stereocenters. The highest BCUT2D eigenvalue weighted by atomic mass is 32.1. The first-order valence-corrected chi connectivity index (χ1v) is 15.1. The fraction of sp³-hybridized carbons (Fsp3) is 0.857. The number of nitrogens with zero attached hydrogens (tertiary/aromatic N) is 1. The second-order valence-corrected chi connectivity index (χ2v) is 10.6. The molecule has 1 saturated heterocycles. The van der Waals surface area contributed by atoms with E-state index < -0.39 is 0 Å². The topological polar surface area (TPSA) is 48.6 Å². The van der Waals surface area contributed by atoms with Crippen molar-refractivity contribution in [2.75, 3.05) is 13.2 Å². The molecule has 1 fully saturated rings. The van der Waals surface area contributed by atoms with E-state index in [0.29, 0.717) is 19.6 Å². The number of unbranched alkanes of at least 4 members (excludes halogenated alkanes) is 14. The maximum Gasteiger partial charge on any atom is 0.305 e. The van der Waals surface area contributed by atoms with Gasteiger partial charge in [0.1, 0.15) is 19.3 Å². The molecule has 1 aromatic heterocycles. The monoisotopic (exact) mass is 496 g/mol. The molecule has 0 saturated carbocycles. The quantitative estimate of drug-likeness (QED) is 0.0955. The molecule has 2 heterocycles. The Labute approximate surface area is 212 Å². The summed E-state index contributed by atoms with van der Waals surface area (Å²) in [5.74, 6) is -0.119. The van der Waals surface area contributed by atoms with Crippen LogP contribution in [-0.4, -0.2) is 31.6 Å². The van der Waals surface area contributed by atoms with E-state index in [1.807, 2.05) is 0 Å². The predicted octanol–water partition coefficient (Wildman–Crippen LogP) is 7.36. The zero-order valence-electron chi connectivity index (χ0n) is 21.7. The van der Waals surface area contributed by atoms with Crippen LogP contribution in [0, 0.1) is 0 Å². The highest BCUT2D eigenvalue weighted by Gasteiger charge is 2.26. The molecule has 196 valence electrons. The number of esters is 1. The second kappa shape index (κ2) is 20.2. The van der Waals surface area contributed by atoms with Crippen molar-refractivity contribution in [2.45, 2.75) is 141 Å². The van der Waals surface area contributed by atoms with Gasteiger partial charge in [-0.05, 0) is 25.7 Å². The number of hydrogen-bond acceptors (Lipinski definition) is 5. The zero-order chi connectivity index (χ0) is 24.1. The predicted molar refractivity (Wildman–Crippen MR) is 139 cm³/mol. The molecule has 1 aromatic rings. The third kappa shape index (κ3) is 15.1. The number of carbonyl (C=O) groups is 1. The molecule has 6 heteroatoms. The van der Waals surface area contributed by atoms with Gasteiger partial charge in [0.15, 0.2) is 12.5 Å². The summed E-state index contributed by atoms with van der Waals surface area (Å²) < 4.78 is 19.2. The minimum atomic E-state index is -0.119. The molecule has 0 spiro atoms. The largest absolute Gasteiger partial charge is 0.463 e. The molecule has 0 aromatic carbocycles. The lowest BCUT2D eigenvalue weighted by atomic mass is 10.0. The van der Waals surface area contributed by atoms with E-state index >= 15 is 0 Å². The van der Waals surface area contributed by atoms with Crippen molar-refractivity contribution >= 4 is 17.3 Å². The van der Waals surface area contributed by atoms with Crippen LogP contribution < -0.4 is 4.57 Å². The molecule has 0 unspecified atom stereocenters. The fourth-order valence-corrected chi connectivity index (χ4v) is 5.09. The number of rotatable bonds is 22. The standard InChI is InChI=1S/C28H50NO4S/c1-2-3-4-5-6-7-8-9-10-11-12-13-16-19-28-32-24-26(33-28)23-31-27(30)18-15-14-17-20-29-21-22-34-25-29/h21-22,25-26,28H,2-20,23-24H2,1H3/q+1/t26-,28-/m1/s1. The van der Waals surface area contributed by atoms with Gasteiger partial charge in [-0.25, -0.2) is 0 Å². The van der Waals surface area contributed by atoms with Crippen molar-refractivity contribution in [1.82, 2.24) is 0 Å². The lowest BCUT2D eigenvalue weighted by Crippen LogP contribution is -2.29. The average molecular weight is 497 g/mol. The van der Waals surface area contributed by atoms with Crippen LogP contribution in [-0.2, 0) is 25.5 Å². The van der Waals surface area contributed by atoms with Gasteiger partial charge in [0.25, 0.3) is 0 Å². The molecule has 5 nitrogen and oxygen atoms in total. The van der Waals surface area contributed by atoms with Gasteiger partial charge in [-0.3, -0.25) is 4.79 Å². The second-order valence-electron chi connectivity index (χ2n) is 9.81. The first kappa shape index (κ1) is 29.3. The van der Waals surface area contributed by atoms with Gasteiger partial charge in [-0.2, -0.15) is 4.57 Å². The lowest BCUT2D eigenvalue weighted by molar-refractivity contribution is -0.692. The average Bonchev–Trinajstić information content (AvgIpc) is 3.53. The van der Waals surface area contributed by atoms with Crippen LogP contribution in [0.1, 0.15) is 122 Å². The molecule has 1 aliphatic rings. The molecule has 34 heavy (non-hydrogen) atoms. The summed E-state index contributed by atoms with van der Waals surface area (Å²) in [5.41, 5.74) is 2.12. The summed E-state index contributed by atoms with van der Waals surface area (Å²) in [4.78, 5) is 12.0. The zero-order valence-corrected chi connectivity index (χ0v) is 22.5. The number of ether oxygens (including phenoxy) is 3. The third-order valence-electron chi connectivity index (χ3n) is 6.61. The number of thiazole rings is 1. The Morgan fingerprint density at radius 1 is 0.912 bits per heavy atom. The summed E-state index contributed by atoms with van der Waals surface area (Å²) in [7, 11) is 0. The summed E-state index contributed by atoms with van der Waals surface area (Å²) >= 11 is 1.71. The molecule has 0 bridgehead atoms. The van der Waals surface area contributed by atoms with Crippen molar-refractivity contribution in [3.63, 3.8) is 0 Å². The van der Waals surface area contributed by atoms with Crippen molar-refractivity contribution in [1.29, 1.82) is 0 Å². The lowest BCUT2D eigenvalue weighted by Gasteiger charge is -2.12. The number of aromatic nitrogens is 1. The van der Waals surface area contributed by atoms with E-state index in [1.54, 1.807) is 11.3 Å². The molecule has 0 aliphatic carbocycles. The molecule has 0 radical (unpaired) electrons. The maximum absolute atomic E-state index is 12.0. The first-order chi connectivity index (χ1) is 16.8. The number of aryl methyl sites for hydroxylation is 1.